The molecule has 1 aromatic carbocycles. The van der Waals surface area contributed by atoms with Gasteiger partial charge in [0.2, 0.25) is 0 Å². The van der Waals surface area contributed by atoms with Crippen molar-refractivity contribution in [2.75, 3.05) is 5.32 Å². The third kappa shape index (κ3) is 4.47. The van der Waals surface area contributed by atoms with Crippen molar-refractivity contribution in [3.05, 3.63) is 29.8 Å². The number of amides is 2. The fraction of sp³-hybridized carbons (Fsp3) is 0.500. The molecule has 0 aliphatic heterocycles. The molecule has 1 rings (SSSR count). The molecular formula is C14H22N2O. The Morgan fingerprint density at radius 3 is 2.24 bits per heavy atom. The summed E-state index contributed by atoms with van der Waals surface area (Å²) in [6, 6.07) is 7.94. The first-order valence-electron chi connectivity index (χ1n) is 6.19. The number of anilines is 1. The Bertz CT molecular complexity index is 357. The highest BCUT2D eigenvalue weighted by atomic mass is 16.2. The molecule has 1 atom stereocenters. The van der Waals surface area contributed by atoms with Crippen molar-refractivity contribution in [3.63, 3.8) is 0 Å². The first-order chi connectivity index (χ1) is 8.02. The Morgan fingerprint density at radius 2 is 1.76 bits per heavy atom. The first-order valence-corrected chi connectivity index (χ1v) is 6.19. The van der Waals surface area contributed by atoms with Crippen molar-refractivity contribution in [1.82, 2.24) is 5.32 Å². The normalized spacial score (nSPS) is 12.3. The molecule has 0 unspecified atom stereocenters. The molecule has 17 heavy (non-hydrogen) atoms. The van der Waals surface area contributed by atoms with E-state index >= 15 is 0 Å². The van der Waals surface area contributed by atoms with E-state index in [-0.39, 0.29) is 12.1 Å². The summed E-state index contributed by atoms with van der Waals surface area (Å²) in [5.41, 5.74) is 2.10. The van der Waals surface area contributed by atoms with E-state index in [4.69, 9.17) is 0 Å². The zero-order chi connectivity index (χ0) is 12.8. The molecule has 0 spiro atoms. The molecule has 0 aliphatic carbocycles. The number of nitrogens with one attached hydrogen (secondary N) is 2. The fourth-order valence-electron chi connectivity index (χ4n) is 1.36. The van der Waals surface area contributed by atoms with Crippen LogP contribution in [0.15, 0.2) is 24.3 Å². The topological polar surface area (TPSA) is 41.1 Å². The molecular weight excluding hydrogens is 212 g/mol. The minimum absolute atomic E-state index is 0.143. The quantitative estimate of drug-likeness (QED) is 0.823. The van der Waals surface area contributed by atoms with Crippen molar-refractivity contribution < 1.29 is 4.79 Å². The van der Waals surface area contributed by atoms with Gasteiger partial charge in [-0.15, -0.1) is 0 Å². The highest BCUT2D eigenvalue weighted by Gasteiger charge is 2.10. The molecule has 2 amide bonds. The van der Waals surface area contributed by atoms with E-state index in [0.717, 1.165) is 12.1 Å². The lowest BCUT2D eigenvalue weighted by Gasteiger charge is -2.17. The van der Waals surface area contributed by atoms with Crippen LogP contribution in [0, 0.1) is 5.92 Å². The van der Waals surface area contributed by atoms with Crippen molar-refractivity contribution in [2.45, 2.75) is 40.2 Å². The minimum atomic E-state index is -0.143. The Morgan fingerprint density at radius 1 is 1.18 bits per heavy atom. The van der Waals surface area contributed by atoms with Crippen LogP contribution < -0.4 is 10.6 Å². The van der Waals surface area contributed by atoms with Crippen LogP contribution in [0.2, 0.25) is 0 Å². The van der Waals surface area contributed by atoms with E-state index in [1.54, 1.807) is 0 Å². The number of benzene rings is 1. The van der Waals surface area contributed by atoms with Crippen molar-refractivity contribution in [3.8, 4) is 0 Å². The molecule has 3 nitrogen and oxygen atoms in total. The molecule has 2 N–H and O–H groups in total. The molecule has 94 valence electrons. The van der Waals surface area contributed by atoms with Crippen LogP contribution >= 0.6 is 0 Å². The maximum absolute atomic E-state index is 11.7. The SMILES string of the molecule is CCc1ccc(NC(=O)N[C@H](C)C(C)C)cc1. The van der Waals surface area contributed by atoms with E-state index < -0.39 is 0 Å². The molecule has 0 fully saturated rings. The minimum Gasteiger partial charge on any atom is -0.335 e. The average Bonchev–Trinajstić information content (AvgIpc) is 2.29. The Kier molecular flexibility index (Phi) is 5.01. The standard InChI is InChI=1S/C14H22N2O/c1-5-12-6-8-13(9-7-12)16-14(17)15-11(4)10(2)3/h6-11H,5H2,1-4H3,(H2,15,16,17)/t11-/m1/s1. The lowest BCUT2D eigenvalue weighted by atomic mass is 10.1. The molecule has 0 heterocycles. The summed E-state index contributed by atoms with van der Waals surface area (Å²) in [5.74, 6) is 0.434. The smallest absolute Gasteiger partial charge is 0.319 e. The molecule has 0 saturated heterocycles. The van der Waals surface area contributed by atoms with Crippen LogP contribution in [-0.4, -0.2) is 12.1 Å². The monoisotopic (exact) mass is 234 g/mol. The summed E-state index contributed by atoms with van der Waals surface area (Å²) >= 11 is 0. The van der Waals surface area contributed by atoms with Crippen LogP contribution in [0.25, 0.3) is 0 Å². The summed E-state index contributed by atoms with van der Waals surface area (Å²) in [7, 11) is 0. The van der Waals surface area contributed by atoms with Crippen LogP contribution in [0.5, 0.6) is 0 Å². The molecule has 0 aliphatic rings. The van der Waals surface area contributed by atoms with Crippen molar-refractivity contribution in [2.24, 2.45) is 5.92 Å². The van der Waals surface area contributed by atoms with Gasteiger partial charge in [0.25, 0.3) is 0 Å². The van der Waals surface area contributed by atoms with E-state index in [0.29, 0.717) is 5.92 Å². The highest BCUT2D eigenvalue weighted by Crippen LogP contribution is 2.10. The van der Waals surface area contributed by atoms with Crippen LogP contribution in [0.1, 0.15) is 33.3 Å². The third-order valence-electron chi connectivity index (χ3n) is 2.98. The predicted octanol–water partition coefficient (Wildman–Crippen LogP) is 3.42. The third-order valence-corrected chi connectivity index (χ3v) is 2.98. The van der Waals surface area contributed by atoms with Gasteiger partial charge in [0, 0.05) is 11.7 Å². The summed E-state index contributed by atoms with van der Waals surface area (Å²) in [6.45, 7) is 8.28. The van der Waals surface area contributed by atoms with Gasteiger partial charge in [-0.1, -0.05) is 32.9 Å². The van der Waals surface area contributed by atoms with Crippen LogP contribution in [0.4, 0.5) is 10.5 Å². The van der Waals surface area contributed by atoms with Crippen molar-refractivity contribution >= 4 is 11.7 Å². The number of rotatable bonds is 4. The van der Waals surface area contributed by atoms with Crippen LogP contribution in [0.3, 0.4) is 0 Å². The van der Waals surface area contributed by atoms with E-state index in [1.807, 2.05) is 31.2 Å². The van der Waals surface area contributed by atoms with E-state index in [1.165, 1.54) is 5.56 Å². The second-order valence-corrected chi connectivity index (χ2v) is 4.68. The largest absolute Gasteiger partial charge is 0.335 e. The molecule has 0 radical (unpaired) electrons. The van der Waals surface area contributed by atoms with Crippen LogP contribution in [-0.2, 0) is 6.42 Å². The van der Waals surface area contributed by atoms with Gasteiger partial charge in [0.1, 0.15) is 0 Å². The van der Waals surface area contributed by atoms with E-state index in [9.17, 15) is 4.79 Å². The summed E-state index contributed by atoms with van der Waals surface area (Å²) in [6.07, 6.45) is 1.01. The second-order valence-electron chi connectivity index (χ2n) is 4.68. The zero-order valence-electron chi connectivity index (χ0n) is 11.1. The predicted molar refractivity (Wildman–Crippen MR) is 72.3 cm³/mol. The lowest BCUT2D eigenvalue weighted by Crippen LogP contribution is -2.38. The van der Waals surface area contributed by atoms with Gasteiger partial charge in [-0.05, 0) is 37.0 Å². The molecule has 0 bridgehead atoms. The first kappa shape index (κ1) is 13.6. The van der Waals surface area contributed by atoms with Gasteiger partial charge in [-0.25, -0.2) is 4.79 Å². The maximum atomic E-state index is 11.7. The number of carbonyl (C=O) groups is 1. The van der Waals surface area contributed by atoms with Crippen molar-refractivity contribution in [1.29, 1.82) is 0 Å². The molecule has 0 saturated carbocycles. The Hall–Kier alpha value is -1.51. The van der Waals surface area contributed by atoms with Gasteiger partial charge in [-0.2, -0.15) is 0 Å². The zero-order valence-corrected chi connectivity index (χ0v) is 11.1. The number of urea groups is 1. The second kappa shape index (κ2) is 6.28. The number of hydrogen-bond acceptors (Lipinski definition) is 1. The highest BCUT2D eigenvalue weighted by molar-refractivity contribution is 5.89. The van der Waals surface area contributed by atoms with Gasteiger partial charge in [-0.3, -0.25) is 0 Å². The number of aryl methyl sites for hydroxylation is 1. The van der Waals surface area contributed by atoms with Gasteiger partial charge < -0.3 is 10.6 Å². The van der Waals surface area contributed by atoms with Gasteiger partial charge in [0.15, 0.2) is 0 Å². The summed E-state index contributed by atoms with van der Waals surface area (Å²) in [4.78, 5) is 11.7. The lowest BCUT2D eigenvalue weighted by molar-refractivity contribution is 0.246. The number of carbonyl (C=O) groups excluding carboxylic acids is 1. The Labute approximate surface area is 104 Å². The van der Waals surface area contributed by atoms with Gasteiger partial charge in [0.05, 0.1) is 0 Å². The summed E-state index contributed by atoms with van der Waals surface area (Å²) in [5, 5.41) is 5.74. The van der Waals surface area contributed by atoms with Gasteiger partial charge >= 0.3 is 6.03 Å². The molecule has 1 aromatic rings. The summed E-state index contributed by atoms with van der Waals surface area (Å²) < 4.78 is 0. The number of hydrogen-bond donors (Lipinski definition) is 2. The maximum Gasteiger partial charge on any atom is 0.319 e. The average molecular weight is 234 g/mol. The Balaban J connectivity index is 2.50. The molecule has 0 aromatic heterocycles. The fourth-order valence-corrected chi connectivity index (χ4v) is 1.36. The molecule has 3 heteroatoms. The van der Waals surface area contributed by atoms with E-state index in [2.05, 4.69) is 31.4 Å².